The van der Waals surface area contributed by atoms with E-state index in [0.717, 1.165) is 16.5 Å². The van der Waals surface area contributed by atoms with Gasteiger partial charge in [0.2, 0.25) is 4.96 Å². The molecule has 114 valence electrons. The van der Waals surface area contributed by atoms with E-state index in [1.54, 1.807) is 11.3 Å². The topological polar surface area (TPSA) is 52.3 Å². The number of para-hydroxylation sites is 1. The Bertz CT molecular complexity index is 746. The van der Waals surface area contributed by atoms with Crippen LogP contribution in [0.25, 0.3) is 4.96 Å². The normalized spacial score (nSPS) is 16.2. The summed E-state index contributed by atoms with van der Waals surface area (Å²) in [5.41, 5.74) is 0. The third-order valence-electron chi connectivity index (χ3n) is 4.14. The van der Waals surface area contributed by atoms with Crippen molar-refractivity contribution in [1.29, 1.82) is 0 Å². The minimum absolute atomic E-state index is 0.388. The maximum Gasteiger partial charge on any atom is 0.234 e. The maximum atomic E-state index is 5.75. The number of benzene rings is 1. The third-order valence-corrected chi connectivity index (χ3v) is 5.20. The summed E-state index contributed by atoms with van der Waals surface area (Å²) in [7, 11) is 0. The monoisotopic (exact) mass is 314 g/mol. The Balaban J connectivity index is 1.53. The van der Waals surface area contributed by atoms with Crippen LogP contribution in [0.4, 0.5) is 0 Å². The summed E-state index contributed by atoms with van der Waals surface area (Å²) >= 11 is 1.67. The Morgan fingerprint density at radius 2 is 1.91 bits per heavy atom. The van der Waals surface area contributed by atoms with E-state index in [1.807, 2.05) is 34.8 Å². The summed E-state index contributed by atoms with van der Waals surface area (Å²) in [6.45, 7) is 0.388. The van der Waals surface area contributed by atoms with Crippen molar-refractivity contribution in [3.05, 3.63) is 41.2 Å². The molecule has 0 atom stereocenters. The molecule has 1 aliphatic carbocycles. The number of aromatic nitrogens is 4. The van der Waals surface area contributed by atoms with Crippen LogP contribution in [0.5, 0.6) is 5.75 Å². The summed E-state index contributed by atoms with van der Waals surface area (Å²) in [4.78, 5) is 0.868. The molecular weight excluding hydrogens is 296 g/mol. The van der Waals surface area contributed by atoms with Crippen molar-refractivity contribution in [2.45, 2.75) is 44.6 Å². The number of hydrogen-bond acceptors (Lipinski definition) is 5. The van der Waals surface area contributed by atoms with Gasteiger partial charge in [-0.05, 0) is 25.0 Å². The quantitative estimate of drug-likeness (QED) is 0.735. The van der Waals surface area contributed by atoms with Crippen molar-refractivity contribution >= 4 is 16.3 Å². The molecule has 0 radical (unpaired) electrons. The highest BCUT2D eigenvalue weighted by Crippen LogP contribution is 2.34. The molecule has 0 bridgehead atoms. The fraction of sp³-hybridized carbons (Fsp3) is 0.438. The molecule has 0 saturated heterocycles. The predicted octanol–water partition coefficient (Wildman–Crippen LogP) is 3.81. The summed E-state index contributed by atoms with van der Waals surface area (Å²) < 4.78 is 7.60. The Labute approximate surface area is 133 Å². The Kier molecular flexibility index (Phi) is 3.76. The molecule has 0 unspecified atom stereocenters. The molecule has 4 rings (SSSR count). The van der Waals surface area contributed by atoms with Gasteiger partial charge in [-0.25, -0.2) is 0 Å². The van der Waals surface area contributed by atoms with Gasteiger partial charge in [0, 0.05) is 5.92 Å². The molecule has 1 fully saturated rings. The van der Waals surface area contributed by atoms with Crippen LogP contribution in [-0.2, 0) is 6.61 Å². The zero-order valence-electron chi connectivity index (χ0n) is 12.3. The lowest BCUT2D eigenvalue weighted by atomic mass is 9.90. The molecule has 3 aromatic rings. The van der Waals surface area contributed by atoms with Crippen molar-refractivity contribution < 1.29 is 4.74 Å². The maximum absolute atomic E-state index is 5.75. The van der Waals surface area contributed by atoms with Crippen molar-refractivity contribution in [3.8, 4) is 5.75 Å². The number of fused-ring (bicyclic) bond motifs is 1. The Morgan fingerprint density at radius 3 is 2.73 bits per heavy atom. The first-order valence-corrected chi connectivity index (χ1v) is 8.60. The zero-order valence-corrected chi connectivity index (χ0v) is 13.1. The molecule has 1 aromatic carbocycles. The summed E-state index contributed by atoms with van der Waals surface area (Å²) in [6.07, 6.45) is 6.49. The van der Waals surface area contributed by atoms with Crippen LogP contribution in [0.3, 0.4) is 0 Å². The first kappa shape index (κ1) is 13.7. The van der Waals surface area contributed by atoms with Crippen LogP contribution < -0.4 is 4.74 Å². The van der Waals surface area contributed by atoms with Gasteiger partial charge in [-0.1, -0.05) is 48.8 Å². The Hall–Kier alpha value is -1.95. The highest BCUT2D eigenvalue weighted by molar-refractivity contribution is 7.16. The van der Waals surface area contributed by atoms with Crippen LogP contribution in [0, 0.1) is 0 Å². The van der Waals surface area contributed by atoms with E-state index >= 15 is 0 Å². The van der Waals surface area contributed by atoms with Crippen LogP contribution in [0.15, 0.2) is 30.3 Å². The third kappa shape index (κ3) is 2.70. The van der Waals surface area contributed by atoms with E-state index in [0.29, 0.717) is 12.5 Å². The van der Waals surface area contributed by atoms with Gasteiger partial charge >= 0.3 is 0 Å². The van der Waals surface area contributed by atoms with Gasteiger partial charge in [0.25, 0.3) is 0 Å². The smallest absolute Gasteiger partial charge is 0.234 e. The van der Waals surface area contributed by atoms with Crippen molar-refractivity contribution in [3.63, 3.8) is 0 Å². The lowest BCUT2D eigenvalue weighted by Gasteiger charge is -2.18. The van der Waals surface area contributed by atoms with Gasteiger partial charge in [0.05, 0.1) is 0 Å². The first-order chi connectivity index (χ1) is 10.9. The zero-order chi connectivity index (χ0) is 14.8. The number of hydrogen-bond donors (Lipinski definition) is 0. The molecule has 1 saturated carbocycles. The van der Waals surface area contributed by atoms with E-state index in [-0.39, 0.29) is 0 Å². The van der Waals surface area contributed by atoms with E-state index in [1.165, 1.54) is 37.1 Å². The first-order valence-electron chi connectivity index (χ1n) is 7.79. The summed E-state index contributed by atoms with van der Waals surface area (Å²) in [5, 5.41) is 14.4. The lowest BCUT2D eigenvalue weighted by Crippen LogP contribution is -2.06. The standard InChI is InChI=1S/C16H18N4OS/c1-3-7-12(8-4-1)15-19-20-14(17-18-16(20)22-15)11-21-13-9-5-2-6-10-13/h2,5-6,9-10,12H,1,3-4,7-8,11H2. The van der Waals surface area contributed by atoms with Crippen molar-refractivity contribution in [1.82, 2.24) is 19.8 Å². The van der Waals surface area contributed by atoms with Gasteiger partial charge in [-0.15, -0.1) is 10.2 Å². The molecular formula is C16H18N4OS. The average Bonchev–Trinajstić information content (AvgIpc) is 3.16. The van der Waals surface area contributed by atoms with Crippen LogP contribution in [-0.4, -0.2) is 19.8 Å². The average molecular weight is 314 g/mol. The minimum Gasteiger partial charge on any atom is -0.486 e. The predicted molar refractivity (Wildman–Crippen MR) is 85.3 cm³/mol. The molecule has 22 heavy (non-hydrogen) atoms. The van der Waals surface area contributed by atoms with Gasteiger partial charge in [-0.3, -0.25) is 0 Å². The fourth-order valence-corrected chi connectivity index (χ4v) is 3.97. The van der Waals surface area contributed by atoms with Crippen LogP contribution in [0.2, 0.25) is 0 Å². The SMILES string of the molecule is c1ccc(OCc2nnc3sc(C4CCCCC4)nn23)cc1. The molecule has 5 nitrogen and oxygen atoms in total. The van der Waals surface area contributed by atoms with Gasteiger partial charge in [-0.2, -0.15) is 9.61 Å². The van der Waals surface area contributed by atoms with Gasteiger partial charge < -0.3 is 4.74 Å². The largest absolute Gasteiger partial charge is 0.486 e. The van der Waals surface area contributed by atoms with Crippen LogP contribution in [0.1, 0.15) is 48.9 Å². The van der Waals surface area contributed by atoms with Gasteiger partial charge in [0.1, 0.15) is 17.4 Å². The second-order valence-electron chi connectivity index (χ2n) is 5.69. The van der Waals surface area contributed by atoms with Crippen molar-refractivity contribution in [2.75, 3.05) is 0 Å². The van der Waals surface area contributed by atoms with Gasteiger partial charge in [0.15, 0.2) is 5.82 Å². The fourth-order valence-electron chi connectivity index (χ4n) is 2.94. The summed E-state index contributed by atoms with van der Waals surface area (Å²) in [6, 6.07) is 9.76. The van der Waals surface area contributed by atoms with E-state index in [2.05, 4.69) is 10.2 Å². The lowest BCUT2D eigenvalue weighted by molar-refractivity contribution is 0.292. The molecule has 0 amide bonds. The second-order valence-corrected chi connectivity index (χ2v) is 6.68. The minimum atomic E-state index is 0.388. The number of nitrogens with zero attached hydrogens (tertiary/aromatic N) is 4. The van der Waals surface area contributed by atoms with Crippen molar-refractivity contribution in [2.24, 2.45) is 0 Å². The van der Waals surface area contributed by atoms with Crippen LogP contribution >= 0.6 is 11.3 Å². The molecule has 2 aromatic heterocycles. The molecule has 0 N–H and O–H groups in total. The number of rotatable bonds is 4. The number of ether oxygens (including phenoxy) is 1. The molecule has 1 aliphatic rings. The highest BCUT2D eigenvalue weighted by atomic mass is 32.1. The second kappa shape index (κ2) is 6.04. The molecule has 0 aliphatic heterocycles. The van der Waals surface area contributed by atoms with E-state index < -0.39 is 0 Å². The molecule has 0 spiro atoms. The summed E-state index contributed by atoms with van der Waals surface area (Å²) in [5.74, 6) is 2.20. The Morgan fingerprint density at radius 1 is 1.09 bits per heavy atom. The van der Waals surface area contributed by atoms with E-state index in [9.17, 15) is 0 Å². The molecule has 6 heteroatoms. The van der Waals surface area contributed by atoms with E-state index in [4.69, 9.17) is 9.84 Å². The molecule has 2 heterocycles. The highest BCUT2D eigenvalue weighted by Gasteiger charge is 2.21.